The van der Waals surface area contributed by atoms with Gasteiger partial charge in [-0.05, 0) is 12.8 Å². The molecule has 0 rings (SSSR count). The third-order valence-corrected chi connectivity index (χ3v) is 1.92. The predicted molar refractivity (Wildman–Crippen MR) is 77.3 cm³/mol. The van der Waals surface area contributed by atoms with E-state index in [0.29, 0.717) is 6.42 Å². The minimum atomic E-state index is -1.10. The summed E-state index contributed by atoms with van der Waals surface area (Å²) in [5, 5.41) is 32.1. The molecule has 0 aromatic carbocycles. The smallest absolute Gasteiger partial charge is 0.327 e. The van der Waals surface area contributed by atoms with Gasteiger partial charge in [0.25, 0.3) is 0 Å². The molecular formula is C14H26O6. The summed E-state index contributed by atoms with van der Waals surface area (Å²) in [7, 11) is 0. The Kier molecular flexibility index (Phi) is 23.1. The van der Waals surface area contributed by atoms with Crippen LogP contribution in [0.3, 0.4) is 0 Å². The Balaban J connectivity index is -0.000000244. The summed E-state index contributed by atoms with van der Waals surface area (Å²) in [6, 6.07) is 0. The van der Waals surface area contributed by atoms with E-state index in [-0.39, 0.29) is 0 Å². The largest absolute Gasteiger partial charge is 0.478 e. The zero-order valence-corrected chi connectivity index (χ0v) is 12.0. The first-order valence-electron chi connectivity index (χ1n) is 6.38. The van der Waals surface area contributed by atoms with Crippen LogP contribution >= 0.6 is 0 Å². The van der Waals surface area contributed by atoms with Crippen molar-refractivity contribution in [3.63, 3.8) is 0 Å². The third-order valence-electron chi connectivity index (χ3n) is 1.92. The molecule has 0 bridgehead atoms. The second-order valence-electron chi connectivity index (χ2n) is 3.77. The number of aliphatic hydroxyl groups is 2. The molecular weight excluding hydrogens is 264 g/mol. The van der Waals surface area contributed by atoms with Gasteiger partial charge in [0.15, 0.2) is 6.29 Å². The lowest BCUT2D eigenvalue weighted by Gasteiger charge is -2.01. The van der Waals surface area contributed by atoms with Crippen molar-refractivity contribution in [2.75, 3.05) is 0 Å². The van der Waals surface area contributed by atoms with Crippen LogP contribution in [0, 0.1) is 0 Å². The summed E-state index contributed by atoms with van der Waals surface area (Å²) in [6.07, 6.45) is 6.90. The zero-order chi connectivity index (χ0) is 16.4. The van der Waals surface area contributed by atoms with Gasteiger partial charge < -0.3 is 20.4 Å². The molecule has 0 aliphatic heterocycles. The highest BCUT2D eigenvalue weighted by Crippen LogP contribution is 2.05. The van der Waals surface area contributed by atoms with E-state index < -0.39 is 18.2 Å². The van der Waals surface area contributed by atoms with E-state index >= 15 is 0 Å². The van der Waals surface area contributed by atoms with Gasteiger partial charge in [-0.25, -0.2) is 9.59 Å². The summed E-state index contributed by atoms with van der Waals surface area (Å²) >= 11 is 0. The van der Waals surface area contributed by atoms with Gasteiger partial charge >= 0.3 is 11.9 Å². The number of hydrogen-bond donors (Lipinski definition) is 4. The van der Waals surface area contributed by atoms with Crippen molar-refractivity contribution in [1.29, 1.82) is 0 Å². The van der Waals surface area contributed by atoms with Crippen LogP contribution in [-0.2, 0) is 9.59 Å². The molecule has 0 saturated carbocycles. The SMILES string of the molecule is C=CC(=O)O.C=CC(=O)O.CCCCCCCC(O)O. The zero-order valence-electron chi connectivity index (χ0n) is 12.0. The maximum absolute atomic E-state index is 9.25. The monoisotopic (exact) mass is 290 g/mol. The standard InChI is InChI=1S/C8H18O2.2C3H4O2/c1-2-3-4-5-6-7-8(9)10;2*1-2-3(4)5/h8-10H,2-7H2,1H3;2*2H,1H2,(H,4,5). The van der Waals surface area contributed by atoms with Crippen LogP contribution in [-0.4, -0.2) is 38.7 Å². The second-order valence-corrected chi connectivity index (χ2v) is 3.77. The van der Waals surface area contributed by atoms with Crippen molar-refractivity contribution >= 4 is 11.9 Å². The summed E-state index contributed by atoms with van der Waals surface area (Å²) < 4.78 is 0. The van der Waals surface area contributed by atoms with E-state index in [1.807, 2.05) is 0 Å². The summed E-state index contributed by atoms with van der Waals surface area (Å²) in [4.78, 5) is 18.5. The number of carboxylic acid groups (broad SMARTS) is 2. The van der Waals surface area contributed by atoms with Gasteiger partial charge in [0.2, 0.25) is 0 Å². The van der Waals surface area contributed by atoms with Crippen molar-refractivity contribution in [3.8, 4) is 0 Å². The number of aliphatic hydroxyl groups excluding tert-OH is 1. The first kappa shape index (κ1) is 23.4. The number of carbonyl (C=O) groups is 2. The number of unbranched alkanes of at least 4 members (excludes halogenated alkanes) is 4. The lowest BCUT2D eigenvalue weighted by atomic mass is 10.1. The summed E-state index contributed by atoms with van der Waals surface area (Å²) in [5.74, 6) is -1.96. The molecule has 0 unspecified atom stereocenters. The molecule has 0 fully saturated rings. The molecule has 0 amide bonds. The van der Waals surface area contributed by atoms with Gasteiger partial charge in [0.05, 0.1) is 0 Å². The average molecular weight is 290 g/mol. The fraction of sp³-hybridized carbons (Fsp3) is 0.571. The summed E-state index contributed by atoms with van der Waals surface area (Å²) in [6.45, 7) is 8.09. The quantitative estimate of drug-likeness (QED) is 0.309. The molecule has 4 N–H and O–H groups in total. The van der Waals surface area contributed by atoms with Crippen molar-refractivity contribution in [2.45, 2.75) is 51.7 Å². The maximum Gasteiger partial charge on any atom is 0.327 e. The van der Waals surface area contributed by atoms with Gasteiger partial charge in [-0.2, -0.15) is 0 Å². The molecule has 20 heavy (non-hydrogen) atoms. The van der Waals surface area contributed by atoms with Gasteiger partial charge in [-0.15, -0.1) is 0 Å². The highest BCUT2D eigenvalue weighted by atomic mass is 16.5. The molecule has 0 spiro atoms. The molecule has 0 aliphatic rings. The van der Waals surface area contributed by atoms with Crippen molar-refractivity contribution in [1.82, 2.24) is 0 Å². The molecule has 6 heteroatoms. The average Bonchev–Trinajstić information content (AvgIpc) is 2.39. The van der Waals surface area contributed by atoms with E-state index in [1.54, 1.807) is 0 Å². The highest BCUT2D eigenvalue weighted by molar-refractivity contribution is 5.79. The molecule has 0 aromatic rings. The van der Waals surface area contributed by atoms with Crippen molar-refractivity contribution in [2.24, 2.45) is 0 Å². The van der Waals surface area contributed by atoms with Crippen molar-refractivity contribution in [3.05, 3.63) is 25.3 Å². The van der Waals surface area contributed by atoms with Gasteiger partial charge in [0.1, 0.15) is 0 Å². The van der Waals surface area contributed by atoms with Crippen LogP contribution in [0.5, 0.6) is 0 Å². The van der Waals surface area contributed by atoms with Crippen molar-refractivity contribution < 1.29 is 30.0 Å². The van der Waals surface area contributed by atoms with Crippen LogP contribution in [0.25, 0.3) is 0 Å². The van der Waals surface area contributed by atoms with E-state index in [1.165, 1.54) is 19.3 Å². The normalized spacial score (nSPS) is 8.60. The minimum absolute atomic E-state index is 0.531. The molecule has 0 atom stereocenters. The van der Waals surface area contributed by atoms with Gasteiger partial charge in [-0.3, -0.25) is 0 Å². The van der Waals surface area contributed by atoms with E-state index in [9.17, 15) is 9.59 Å². The number of carboxylic acids is 2. The molecule has 118 valence electrons. The van der Waals surface area contributed by atoms with Crippen LogP contribution < -0.4 is 0 Å². The summed E-state index contributed by atoms with van der Waals surface area (Å²) in [5.41, 5.74) is 0. The molecule has 0 aromatic heterocycles. The Labute approximate surface area is 120 Å². The Morgan fingerprint density at radius 1 is 0.950 bits per heavy atom. The first-order valence-corrected chi connectivity index (χ1v) is 6.38. The highest BCUT2D eigenvalue weighted by Gasteiger charge is 1.95. The van der Waals surface area contributed by atoms with E-state index in [4.69, 9.17) is 20.4 Å². The van der Waals surface area contributed by atoms with E-state index in [2.05, 4.69) is 20.1 Å². The van der Waals surface area contributed by atoms with Crippen LogP contribution in [0.2, 0.25) is 0 Å². The number of aliphatic carboxylic acids is 2. The Morgan fingerprint density at radius 3 is 1.55 bits per heavy atom. The fourth-order valence-corrected chi connectivity index (χ4v) is 0.930. The lowest BCUT2D eigenvalue weighted by Crippen LogP contribution is -2.02. The predicted octanol–water partition coefficient (Wildman–Crippen LogP) is 2.17. The molecule has 0 radical (unpaired) electrons. The van der Waals surface area contributed by atoms with Gasteiger partial charge in [-0.1, -0.05) is 45.8 Å². The second kappa shape index (κ2) is 19.7. The van der Waals surface area contributed by atoms with Crippen LogP contribution in [0.15, 0.2) is 25.3 Å². The van der Waals surface area contributed by atoms with Gasteiger partial charge in [0, 0.05) is 12.2 Å². The Morgan fingerprint density at radius 2 is 1.30 bits per heavy atom. The number of rotatable bonds is 8. The topological polar surface area (TPSA) is 115 Å². The first-order chi connectivity index (χ1) is 9.31. The van der Waals surface area contributed by atoms with E-state index in [0.717, 1.165) is 25.0 Å². The Bertz CT molecular complexity index is 242. The Hall–Kier alpha value is -1.66. The third kappa shape index (κ3) is 44.1. The molecule has 0 heterocycles. The minimum Gasteiger partial charge on any atom is -0.478 e. The fourth-order valence-electron chi connectivity index (χ4n) is 0.930. The molecule has 0 aliphatic carbocycles. The number of hydrogen-bond acceptors (Lipinski definition) is 4. The molecule has 6 nitrogen and oxygen atoms in total. The van der Waals surface area contributed by atoms with Crippen LogP contribution in [0.4, 0.5) is 0 Å². The molecule has 0 saturated heterocycles. The van der Waals surface area contributed by atoms with Crippen LogP contribution in [0.1, 0.15) is 45.4 Å². The lowest BCUT2D eigenvalue weighted by molar-refractivity contribution is -0.132. The maximum atomic E-state index is 9.25.